The minimum atomic E-state index is 0.0252. The quantitative estimate of drug-likeness (QED) is 0.564. The summed E-state index contributed by atoms with van der Waals surface area (Å²) in [6.07, 6.45) is 0.985. The number of nitriles is 1. The third-order valence-electron chi connectivity index (χ3n) is 6.43. The number of rotatable bonds is 6. The molecule has 3 aromatic rings. The van der Waals surface area contributed by atoms with Crippen molar-refractivity contribution in [1.29, 1.82) is 5.26 Å². The minimum Gasteiger partial charge on any atom is -0.493 e. The highest BCUT2D eigenvalue weighted by Crippen LogP contribution is 2.26. The van der Waals surface area contributed by atoms with Crippen LogP contribution >= 0.6 is 0 Å². The van der Waals surface area contributed by atoms with Gasteiger partial charge in [0, 0.05) is 50.3 Å². The molecule has 3 aromatic carbocycles. The van der Waals surface area contributed by atoms with Crippen LogP contribution in [0.2, 0.25) is 0 Å². The Morgan fingerprint density at radius 2 is 1.85 bits per heavy atom. The summed E-state index contributed by atoms with van der Waals surface area (Å²) in [6, 6.07) is 23.3. The van der Waals surface area contributed by atoms with Crippen LogP contribution in [-0.2, 0) is 19.6 Å². The first-order valence-corrected chi connectivity index (χ1v) is 11.7. The molecule has 0 atom stereocenters. The molecule has 1 fully saturated rings. The lowest BCUT2D eigenvalue weighted by Crippen LogP contribution is -2.48. The van der Waals surface area contributed by atoms with Crippen molar-refractivity contribution in [2.45, 2.75) is 19.6 Å². The van der Waals surface area contributed by atoms with Crippen molar-refractivity contribution in [3.63, 3.8) is 0 Å². The van der Waals surface area contributed by atoms with Gasteiger partial charge >= 0.3 is 0 Å². The lowest BCUT2D eigenvalue weighted by Gasteiger charge is -2.35. The van der Waals surface area contributed by atoms with Gasteiger partial charge in [-0.1, -0.05) is 36.4 Å². The molecule has 0 aliphatic carbocycles. The van der Waals surface area contributed by atoms with Crippen LogP contribution in [-0.4, -0.2) is 48.5 Å². The van der Waals surface area contributed by atoms with Crippen LogP contribution in [0.25, 0.3) is 0 Å². The molecule has 0 saturated carbocycles. The normalized spacial score (nSPS) is 15.3. The van der Waals surface area contributed by atoms with E-state index in [1.165, 1.54) is 11.1 Å². The first kappa shape index (κ1) is 22.0. The van der Waals surface area contributed by atoms with Gasteiger partial charge in [-0.3, -0.25) is 9.69 Å². The summed E-state index contributed by atoms with van der Waals surface area (Å²) < 4.78 is 11.5. The Bertz CT molecular complexity index is 1230. The minimum absolute atomic E-state index is 0.0252. The molecule has 5 rings (SSSR count). The number of hydrogen-bond donors (Lipinski definition) is 0. The van der Waals surface area contributed by atoms with E-state index in [0.29, 0.717) is 30.0 Å². The Kier molecular flexibility index (Phi) is 6.46. The van der Waals surface area contributed by atoms with E-state index in [-0.39, 0.29) is 12.5 Å². The Morgan fingerprint density at radius 1 is 1.00 bits per heavy atom. The Balaban J connectivity index is 1.16. The van der Waals surface area contributed by atoms with E-state index in [9.17, 15) is 10.1 Å². The van der Waals surface area contributed by atoms with Gasteiger partial charge in [0.25, 0.3) is 5.91 Å². The van der Waals surface area contributed by atoms with E-state index in [2.05, 4.69) is 29.2 Å². The fourth-order valence-electron chi connectivity index (χ4n) is 4.52. The smallest absolute Gasteiger partial charge is 0.254 e. The maximum Gasteiger partial charge on any atom is 0.254 e. The van der Waals surface area contributed by atoms with Crippen molar-refractivity contribution >= 4 is 5.91 Å². The highest BCUT2D eigenvalue weighted by molar-refractivity contribution is 5.94. The molecule has 1 saturated heterocycles. The summed E-state index contributed by atoms with van der Waals surface area (Å²) in [5.41, 5.74) is 4.64. The van der Waals surface area contributed by atoms with Gasteiger partial charge in [-0.25, -0.2) is 0 Å². The summed E-state index contributed by atoms with van der Waals surface area (Å²) in [6.45, 7) is 5.05. The standard InChI is InChI=1S/C28H27N3O3/c29-18-24-4-1-2-5-25(24)20-34-26-7-3-6-23(17-26)28(32)31-13-11-30(12-14-31)19-21-8-9-27-22(16-21)10-15-33-27/h1-9,16-17H,10-15,19-20H2. The number of carbonyl (C=O) groups excluding carboxylic acids is 1. The summed E-state index contributed by atoms with van der Waals surface area (Å²) in [7, 11) is 0. The number of nitrogens with zero attached hydrogens (tertiary/aromatic N) is 3. The van der Waals surface area contributed by atoms with Crippen molar-refractivity contribution in [2.75, 3.05) is 32.8 Å². The summed E-state index contributed by atoms with van der Waals surface area (Å²) in [5.74, 6) is 1.66. The molecule has 34 heavy (non-hydrogen) atoms. The number of piperazine rings is 1. The zero-order valence-corrected chi connectivity index (χ0v) is 19.1. The van der Waals surface area contributed by atoms with Gasteiger partial charge in [0.1, 0.15) is 18.1 Å². The fourth-order valence-corrected chi connectivity index (χ4v) is 4.52. The third-order valence-corrected chi connectivity index (χ3v) is 6.43. The summed E-state index contributed by atoms with van der Waals surface area (Å²) in [5, 5.41) is 9.25. The van der Waals surface area contributed by atoms with Gasteiger partial charge in [-0.2, -0.15) is 5.26 Å². The molecule has 6 heteroatoms. The second-order valence-electron chi connectivity index (χ2n) is 8.69. The molecular formula is C28H27N3O3. The van der Waals surface area contributed by atoms with Crippen molar-refractivity contribution in [1.82, 2.24) is 9.80 Å². The molecule has 6 nitrogen and oxygen atoms in total. The van der Waals surface area contributed by atoms with Crippen LogP contribution < -0.4 is 9.47 Å². The second-order valence-corrected chi connectivity index (χ2v) is 8.69. The van der Waals surface area contributed by atoms with Crippen LogP contribution in [0.5, 0.6) is 11.5 Å². The molecule has 0 radical (unpaired) electrons. The van der Waals surface area contributed by atoms with Gasteiger partial charge in [0.2, 0.25) is 0 Å². The Morgan fingerprint density at radius 3 is 2.71 bits per heavy atom. The van der Waals surface area contributed by atoms with E-state index >= 15 is 0 Å². The predicted octanol–water partition coefficient (Wildman–Crippen LogP) is 4.03. The predicted molar refractivity (Wildman–Crippen MR) is 129 cm³/mol. The number of benzene rings is 3. The summed E-state index contributed by atoms with van der Waals surface area (Å²) >= 11 is 0. The highest BCUT2D eigenvalue weighted by atomic mass is 16.5. The molecule has 0 unspecified atom stereocenters. The molecule has 2 aliphatic rings. The molecule has 1 amide bonds. The number of hydrogen-bond acceptors (Lipinski definition) is 5. The number of ether oxygens (including phenoxy) is 2. The van der Waals surface area contributed by atoms with Gasteiger partial charge in [-0.15, -0.1) is 0 Å². The number of carbonyl (C=O) groups is 1. The first-order valence-electron chi connectivity index (χ1n) is 11.7. The third kappa shape index (κ3) is 4.90. The molecule has 0 aromatic heterocycles. The van der Waals surface area contributed by atoms with E-state index < -0.39 is 0 Å². The molecule has 2 aliphatic heterocycles. The maximum atomic E-state index is 13.1. The van der Waals surface area contributed by atoms with Gasteiger partial charge in [-0.05, 0) is 41.5 Å². The van der Waals surface area contributed by atoms with E-state index in [4.69, 9.17) is 9.47 Å². The van der Waals surface area contributed by atoms with E-state index in [0.717, 1.165) is 44.0 Å². The van der Waals surface area contributed by atoms with Crippen LogP contribution in [0.3, 0.4) is 0 Å². The average molecular weight is 454 g/mol. The second kappa shape index (κ2) is 9.98. The Hall–Kier alpha value is -3.82. The summed E-state index contributed by atoms with van der Waals surface area (Å²) in [4.78, 5) is 17.4. The van der Waals surface area contributed by atoms with Gasteiger partial charge in [0.05, 0.1) is 18.2 Å². The van der Waals surface area contributed by atoms with E-state index in [1.807, 2.05) is 41.3 Å². The molecule has 0 N–H and O–H groups in total. The Labute approximate surface area is 199 Å². The maximum absolute atomic E-state index is 13.1. The number of amides is 1. The van der Waals surface area contributed by atoms with Crippen molar-refractivity contribution < 1.29 is 14.3 Å². The first-order chi connectivity index (χ1) is 16.7. The van der Waals surface area contributed by atoms with Crippen LogP contribution in [0.4, 0.5) is 0 Å². The fraction of sp³-hybridized carbons (Fsp3) is 0.286. The zero-order valence-electron chi connectivity index (χ0n) is 19.1. The average Bonchev–Trinajstić information content (AvgIpc) is 3.36. The van der Waals surface area contributed by atoms with Gasteiger partial charge in [0.15, 0.2) is 0 Å². The largest absolute Gasteiger partial charge is 0.493 e. The molecule has 0 spiro atoms. The molecule has 0 bridgehead atoms. The zero-order chi connectivity index (χ0) is 23.3. The van der Waals surface area contributed by atoms with Gasteiger partial charge < -0.3 is 14.4 Å². The highest BCUT2D eigenvalue weighted by Gasteiger charge is 2.23. The molecule has 172 valence electrons. The van der Waals surface area contributed by atoms with Crippen LogP contribution in [0.1, 0.15) is 32.6 Å². The molecule has 2 heterocycles. The monoisotopic (exact) mass is 453 g/mol. The molecular weight excluding hydrogens is 426 g/mol. The number of fused-ring (bicyclic) bond motifs is 1. The topological polar surface area (TPSA) is 65.8 Å². The van der Waals surface area contributed by atoms with Crippen molar-refractivity contribution in [3.05, 3.63) is 94.5 Å². The van der Waals surface area contributed by atoms with Crippen molar-refractivity contribution in [3.8, 4) is 17.6 Å². The lowest BCUT2D eigenvalue weighted by molar-refractivity contribution is 0.0628. The van der Waals surface area contributed by atoms with Crippen LogP contribution in [0, 0.1) is 11.3 Å². The van der Waals surface area contributed by atoms with Crippen molar-refractivity contribution in [2.24, 2.45) is 0 Å². The lowest BCUT2D eigenvalue weighted by atomic mass is 10.1. The van der Waals surface area contributed by atoms with Crippen LogP contribution in [0.15, 0.2) is 66.7 Å². The van der Waals surface area contributed by atoms with E-state index in [1.54, 1.807) is 12.1 Å². The SMILES string of the molecule is N#Cc1ccccc1COc1cccc(C(=O)N2CCN(Cc3ccc4c(c3)CCO4)CC2)c1.